The Morgan fingerprint density at radius 1 is 1.06 bits per heavy atom. The van der Waals surface area contributed by atoms with Gasteiger partial charge >= 0.3 is 0 Å². The van der Waals surface area contributed by atoms with E-state index in [1.165, 1.54) is 18.2 Å². The molecular weight excluding hydrogens is 232 g/mol. The van der Waals surface area contributed by atoms with Gasteiger partial charge in [0.2, 0.25) is 0 Å². The molecule has 0 heterocycles. The van der Waals surface area contributed by atoms with Gasteiger partial charge in [0, 0.05) is 5.56 Å². The minimum Gasteiger partial charge on any atom is -0.207 e. The van der Waals surface area contributed by atoms with Gasteiger partial charge in [0.25, 0.3) is 0 Å². The molecule has 2 aromatic carbocycles. The van der Waals surface area contributed by atoms with Crippen molar-refractivity contribution in [2.24, 2.45) is 0 Å². The number of aryl methyl sites for hydroxylation is 1. The molecule has 0 fully saturated rings. The van der Waals surface area contributed by atoms with Crippen LogP contribution in [0.2, 0.25) is 0 Å². The molecule has 2 aromatic rings. The number of hydrogen-bond donors (Lipinski definition) is 0. The van der Waals surface area contributed by atoms with Crippen LogP contribution in [-0.4, -0.2) is 0 Å². The zero-order valence-electron chi connectivity index (χ0n) is 9.87. The maximum absolute atomic E-state index is 13.8. The van der Waals surface area contributed by atoms with E-state index in [4.69, 9.17) is 5.26 Å². The number of nitrogens with zero attached hydrogens (tertiary/aromatic N) is 1. The number of halogens is 2. The average Bonchev–Trinajstić information content (AvgIpc) is 2.35. The lowest BCUT2D eigenvalue weighted by atomic mass is 10.00. The molecule has 0 aliphatic carbocycles. The predicted octanol–water partition coefficient (Wildman–Crippen LogP) is 4.01. The van der Waals surface area contributed by atoms with Crippen LogP contribution in [0.5, 0.6) is 0 Å². The van der Waals surface area contributed by atoms with Gasteiger partial charge in [-0.1, -0.05) is 12.1 Å². The smallest absolute Gasteiger partial charge is 0.131 e. The number of nitriles is 1. The Morgan fingerprint density at radius 3 is 2.44 bits per heavy atom. The van der Waals surface area contributed by atoms with Crippen molar-refractivity contribution in [1.82, 2.24) is 0 Å². The number of hydrogen-bond acceptors (Lipinski definition) is 1. The summed E-state index contributed by atoms with van der Waals surface area (Å²) in [4.78, 5) is 0. The second-order valence-electron chi connectivity index (χ2n) is 4.11. The molecule has 1 nitrogen and oxygen atoms in total. The highest BCUT2D eigenvalue weighted by molar-refractivity contribution is 5.65. The first-order chi connectivity index (χ1) is 8.61. The maximum atomic E-state index is 13.8. The summed E-state index contributed by atoms with van der Waals surface area (Å²) >= 11 is 0. The van der Waals surface area contributed by atoms with Crippen LogP contribution in [0.1, 0.15) is 11.1 Å². The van der Waals surface area contributed by atoms with Gasteiger partial charge in [-0.2, -0.15) is 5.26 Å². The molecular formula is C15H11F2N. The van der Waals surface area contributed by atoms with Gasteiger partial charge in [0.05, 0.1) is 12.5 Å². The number of benzene rings is 2. The van der Waals surface area contributed by atoms with Gasteiger partial charge in [-0.3, -0.25) is 0 Å². The van der Waals surface area contributed by atoms with Crippen molar-refractivity contribution in [3.8, 4) is 17.2 Å². The monoisotopic (exact) mass is 243 g/mol. The summed E-state index contributed by atoms with van der Waals surface area (Å²) in [5.41, 5.74) is 2.23. The summed E-state index contributed by atoms with van der Waals surface area (Å²) in [5.74, 6) is -0.685. The second kappa shape index (κ2) is 4.97. The van der Waals surface area contributed by atoms with Crippen LogP contribution in [0.3, 0.4) is 0 Å². The first-order valence-corrected chi connectivity index (χ1v) is 5.53. The van der Waals surface area contributed by atoms with Gasteiger partial charge in [0.1, 0.15) is 11.6 Å². The SMILES string of the molecule is Cc1cc(-c2cc(CC#N)ccc2F)ccc1F. The molecule has 0 spiro atoms. The van der Waals surface area contributed by atoms with E-state index in [0.29, 0.717) is 16.7 Å². The Bertz CT molecular complexity index is 627. The Labute approximate surface area is 104 Å². The largest absolute Gasteiger partial charge is 0.207 e. The second-order valence-corrected chi connectivity index (χ2v) is 4.11. The quantitative estimate of drug-likeness (QED) is 0.781. The summed E-state index contributed by atoms with van der Waals surface area (Å²) in [6.07, 6.45) is 0.230. The molecule has 0 atom stereocenters. The molecule has 0 bridgehead atoms. The summed E-state index contributed by atoms with van der Waals surface area (Å²) in [5, 5.41) is 8.64. The van der Waals surface area contributed by atoms with Crippen molar-refractivity contribution in [2.45, 2.75) is 13.3 Å². The molecule has 2 rings (SSSR count). The van der Waals surface area contributed by atoms with Crippen molar-refractivity contribution in [2.75, 3.05) is 0 Å². The highest BCUT2D eigenvalue weighted by Gasteiger charge is 2.08. The summed E-state index contributed by atoms with van der Waals surface area (Å²) in [6.45, 7) is 1.63. The lowest BCUT2D eigenvalue weighted by molar-refractivity contribution is 0.617. The molecule has 0 aromatic heterocycles. The third-order valence-corrected chi connectivity index (χ3v) is 2.78. The normalized spacial score (nSPS) is 10.1. The molecule has 0 unspecified atom stereocenters. The van der Waals surface area contributed by atoms with Gasteiger partial charge in [-0.25, -0.2) is 8.78 Å². The average molecular weight is 243 g/mol. The van der Waals surface area contributed by atoms with Crippen LogP contribution in [0.4, 0.5) is 8.78 Å². The van der Waals surface area contributed by atoms with E-state index in [1.54, 1.807) is 25.1 Å². The minimum absolute atomic E-state index is 0.230. The van der Waals surface area contributed by atoms with E-state index in [2.05, 4.69) is 0 Å². The van der Waals surface area contributed by atoms with Crippen LogP contribution in [0.25, 0.3) is 11.1 Å². The van der Waals surface area contributed by atoms with Gasteiger partial charge in [-0.05, 0) is 47.9 Å². The summed E-state index contributed by atoms with van der Waals surface area (Å²) < 4.78 is 26.9. The van der Waals surface area contributed by atoms with Crippen LogP contribution < -0.4 is 0 Å². The first-order valence-electron chi connectivity index (χ1n) is 5.53. The van der Waals surface area contributed by atoms with Crippen molar-refractivity contribution in [1.29, 1.82) is 5.26 Å². The van der Waals surface area contributed by atoms with Crippen LogP contribution in [0, 0.1) is 29.9 Å². The lowest BCUT2D eigenvalue weighted by Crippen LogP contribution is -1.90. The molecule has 90 valence electrons. The molecule has 0 N–H and O–H groups in total. The standard InChI is InChI=1S/C15H11F2N/c1-10-8-12(3-5-14(10)16)13-9-11(6-7-18)2-4-15(13)17/h2-5,8-9H,6H2,1H3. The molecule has 0 aliphatic rings. The Balaban J connectivity index is 2.52. The van der Waals surface area contributed by atoms with Crippen molar-refractivity contribution < 1.29 is 8.78 Å². The zero-order valence-corrected chi connectivity index (χ0v) is 9.87. The zero-order chi connectivity index (χ0) is 13.1. The lowest BCUT2D eigenvalue weighted by Gasteiger charge is -2.07. The van der Waals surface area contributed by atoms with E-state index in [0.717, 1.165) is 5.56 Å². The molecule has 3 heteroatoms. The molecule has 0 saturated carbocycles. The summed E-state index contributed by atoms with van der Waals surface area (Å²) in [7, 11) is 0. The Morgan fingerprint density at radius 2 is 1.78 bits per heavy atom. The molecule has 0 saturated heterocycles. The van der Waals surface area contributed by atoms with Crippen molar-refractivity contribution in [3.63, 3.8) is 0 Å². The van der Waals surface area contributed by atoms with Gasteiger partial charge in [0.15, 0.2) is 0 Å². The van der Waals surface area contributed by atoms with Gasteiger partial charge in [-0.15, -0.1) is 0 Å². The fourth-order valence-corrected chi connectivity index (χ4v) is 1.81. The fourth-order valence-electron chi connectivity index (χ4n) is 1.81. The molecule has 18 heavy (non-hydrogen) atoms. The topological polar surface area (TPSA) is 23.8 Å². The Kier molecular flexibility index (Phi) is 3.38. The minimum atomic E-state index is -0.373. The van der Waals surface area contributed by atoms with Crippen LogP contribution in [0.15, 0.2) is 36.4 Å². The highest BCUT2D eigenvalue weighted by atomic mass is 19.1. The van der Waals surface area contributed by atoms with E-state index in [-0.39, 0.29) is 18.1 Å². The van der Waals surface area contributed by atoms with Crippen LogP contribution in [-0.2, 0) is 6.42 Å². The maximum Gasteiger partial charge on any atom is 0.131 e. The third kappa shape index (κ3) is 2.38. The highest BCUT2D eigenvalue weighted by Crippen LogP contribution is 2.26. The Hall–Kier alpha value is -2.21. The van der Waals surface area contributed by atoms with E-state index in [9.17, 15) is 8.78 Å². The van der Waals surface area contributed by atoms with Gasteiger partial charge < -0.3 is 0 Å². The molecule has 0 radical (unpaired) electrons. The van der Waals surface area contributed by atoms with Crippen molar-refractivity contribution in [3.05, 3.63) is 59.2 Å². The molecule has 0 amide bonds. The molecule has 0 aliphatic heterocycles. The predicted molar refractivity (Wildman–Crippen MR) is 65.8 cm³/mol. The number of rotatable bonds is 2. The van der Waals surface area contributed by atoms with E-state index >= 15 is 0 Å². The first kappa shape index (κ1) is 12.3. The van der Waals surface area contributed by atoms with Crippen molar-refractivity contribution >= 4 is 0 Å². The van der Waals surface area contributed by atoms with E-state index in [1.807, 2.05) is 6.07 Å². The third-order valence-electron chi connectivity index (χ3n) is 2.78. The van der Waals surface area contributed by atoms with Crippen LogP contribution >= 0.6 is 0 Å². The fraction of sp³-hybridized carbons (Fsp3) is 0.133. The van der Waals surface area contributed by atoms with E-state index < -0.39 is 0 Å². The summed E-state index contributed by atoms with van der Waals surface area (Å²) in [6, 6.07) is 11.0.